The Morgan fingerprint density at radius 2 is 1.29 bits per heavy atom. The number of para-hydroxylation sites is 1. The number of benzene rings is 1. The molecule has 0 fully saturated rings. The number of hydrogen-bond donors (Lipinski definition) is 0. The molecular weight excluding hydrogens is 616 g/mol. The summed E-state index contributed by atoms with van der Waals surface area (Å²) >= 11 is 0. The van der Waals surface area contributed by atoms with Gasteiger partial charge in [0.2, 0.25) is 6.93 Å². The Balaban J connectivity index is -0.000000735. The van der Waals surface area contributed by atoms with Gasteiger partial charge in [0.15, 0.2) is 6.61 Å². The van der Waals surface area contributed by atoms with Crippen LogP contribution in [0.15, 0.2) is 30.3 Å². The molecule has 0 spiro atoms. The molecule has 244 valence electrons. The second-order valence-electron chi connectivity index (χ2n) is 8.74. The maximum atomic E-state index is 13.4. The molecule has 0 bridgehead atoms. The third-order valence-electron chi connectivity index (χ3n) is 5.18. The highest BCUT2D eigenvalue weighted by molar-refractivity contribution is 6.79. The van der Waals surface area contributed by atoms with E-state index >= 15 is 0 Å². The average molecular weight is 656 g/mol. The van der Waals surface area contributed by atoms with Gasteiger partial charge in [-0.2, -0.15) is 31.3 Å². The van der Waals surface area contributed by atoms with E-state index in [0.29, 0.717) is 12.2 Å². The van der Waals surface area contributed by atoms with Crippen molar-refractivity contribution in [3.63, 3.8) is 0 Å². The van der Waals surface area contributed by atoms with E-state index in [1.54, 1.807) is 45.6 Å². The van der Waals surface area contributed by atoms with Gasteiger partial charge in [-0.25, -0.2) is 13.6 Å². The summed E-state index contributed by atoms with van der Waals surface area (Å²) < 4.78 is 124. The monoisotopic (exact) mass is 655 g/mol. The Morgan fingerprint density at radius 3 is 1.59 bits per heavy atom. The first-order chi connectivity index (χ1) is 18.8. The fraction of sp³-hybridized carbons (Fsp3) is 0.696. The van der Waals surface area contributed by atoms with Crippen molar-refractivity contribution in [1.82, 2.24) is 0 Å². The third-order valence-corrected chi connectivity index (χ3v) is 11.7. The lowest BCUT2D eigenvalue weighted by molar-refractivity contribution is -0.245. The van der Waals surface area contributed by atoms with Gasteiger partial charge >= 0.3 is 27.3 Å². The van der Waals surface area contributed by atoms with E-state index in [9.17, 15) is 48.8 Å². The summed E-state index contributed by atoms with van der Waals surface area (Å²) in [6.07, 6.45) is -9.87. The molecule has 1 aromatic carbocycles. The van der Waals surface area contributed by atoms with Gasteiger partial charge in [-0.1, -0.05) is 50.3 Å². The highest BCUT2D eigenvalue weighted by Gasteiger charge is 2.39. The molecule has 18 heteroatoms. The standard InChI is InChI=1S/C17H30FNO4Si2.C3H5F3.C2H2F4O.CH2F2/c1-21-25(22-2,23-3)15-14-24(4,5)13-9-12-19(17(18)20)16-10-7-6-8-11-16;1-2-3(4,5)6;3-2(4,5)1-7-6;2-1-3/h6-8,10-11H,9,12-15H2,1-5H3;2H2,1H3;1H2;1H2. The number of halogens is 10. The van der Waals surface area contributed by atoms with Gasteiger partial charge in [-0.15, -0.1) is 4.39 Å². The summed E-state index contributed by atoms with van der Waals surface area (Å²) in [5, 5.41) is 0. The zero-order valence-electron chi connectivity index (χ0n) is 23.8. The van der Waals surface area contributed by atoms with E-state index in [1.807, 2.05) is 6.07 Å². The molecule has 0 heterocycles. The molecule has 0 aliphatic carbocycles. The van der Waals surface area contributed by atoms with Crippen LogP contribution in [-0.4, -0.2) is 76.8 Å². The van der Waals surface area contributed by atoms with Crippen molar-refractivity contribution in [3.05, 3.63) is 30.3 Å². The molecule has 0 saturated heterocycles. The van der Waals surface area contributed by atoms with Gasteiger partial charge in [0, 0.05) is 54.1 Å². The predicted octanol–water partition coefficient (Wildman–Crippen LogP) is 8.85. The largest absolute Gasteiger partial charge is 0.499 e. The number of amides is 1. The Labute approximate surface area is 236 Å². The van der Waals surface area contributed by atoms with Gasteiger partial charge in [-0.05, 0) is 23.1 Å². The lowest BCUT2D eigenvalue weighted by Gasteiger charge is -2.29. The van der Waals surface area contributed by atoms with Crippen LogP contribution in [0.4, 0.5) is 54.5 Å². The minimum atomic E-state index is -4.55. The molecule has 1 rings (SSSR count). The first kappa shape index (κ1) is 43.7. The number of nitrogens with zero attached hydrogens (tertiary/aromatic N) is 1. The predicted molar refractivity (Wildman–Crippen MR) is 140 cm³/mol. The van der Waals surface area contributed by atoms with Crippen molar-refractivity contribution in [2.24, 2.45) is 0 Å². The topological polar surface area (TPSA) is 57.2 Å². The SMILES string of the molecule is CCC(F)(F)F.CO[Si](CC[Si](C)(C)CCCN(C(=O)F)c1ccccc1)(OC)OC.FCF.FOCC(F)(F)F. The number of carbonyl (C=O) groups is 1. The molecule has 0 aromatic heterocycles. The van der Waals surface area contributed by atoms with Crippen LogP contribution in [0.5, 0.6) is 0 Å². The van der Waals surface area contributed by atoms with E-state index in [2.05, 4.69) is 18.0 Å². The molecule has 0 radical (unpaired) electrons. The lowest BCUT2D eigenvalue weighted by Crippen LogP contribution is -2.44. The van der Waals surface area contributed by atoms with Crippen LogP contribution < -0.4 is 4.90 Å². The zero-order valence-corrected chi connectivity index (χ0v) is 25.8. The third kappa shape index (κ3) is 25.7. The van der Waals surface area contributed by atoms with E-state index in [0.717, 1.165) is 31.5 Å². The van der Waals surface area contributed by atoms with E-state index < -0.39 is 55.3 Å². The summed E-state index contributed by atoms with van der Waals surface area (Å²) in [5.41, 5.74) is 0.596. The van der Waals surface area contributed by atoms with Gasteiger partial charge < -0.3 is 13.3 Å². The maximum absolute atomic E-state index is 13.4. The quantitative estimate of drug-likeness (QED) is 0.0975. The molecule has 0 unspecified atom stereocenters. The van der Waals surface area contributed by atoms with Crippen molar-refractivity contribution in [1.29, 1.82) is 0 Å². The fourth-order valence-electron chi connectivity index (χ4n) is 2.88. The Hall–Kier alpha value is -1.74. The first-order valence-electron chi connectivity index (χ1n) is 12.0. The van der Waals surface area contributed by atoms with Gasteiger partial charge in [-0.3, -0.25) is 4.90 Å². The van der Waals surface area contributed by atoms with E-state index in [1.165, 1.54) is 4.90 Å². The molecule has 0 aliphatic heterocycles. The smallest absolute Gasteiger partial charge is 0.377 e. The molecule has 6 nitrogen and oxygen atoms in total. The Kier molecular flexibility index (Phi) is 24.3. The van der Waals surface area contributed by atoms with Gasteiger partial charge in [0.1, 0.15) is 0 Å². The number of alkyl halides is 8. The minimum absolute atomic E-state index is 0.386. The summed E-state index contributed by atoms with van der Waals surface area (Å²) in [6, 6.07) is 11.7. The maximum Gasteiger partial charge on any atom is 0.499 e. The molecule has 1 aromatic rings. The molecule has 0 saturated carbocycles. The molecule has 0 N–H and O–H groups in total. The lowest BCUT2D eigenvalue weighted by atomic mass is 10.3. The molecule has 0 aliphatic rings. The van der Waals surface area contributed by atoms with Crippen molar-refractivity contribution in [3.8, 4) is 0 Å². The molecule has 1 amide bonds. The van der Waals surface area contributed by atoms with Crippen LogP contribution in [0.25, 0.3) is 0 Å². The van der Waals surface area contributed by atoms with Crippen molar-refractivity contribution >= 4 is 28.7 Å². The second-order valence-corrected chi connectivity index (χ2v) is 17.2. The zero-order chi connectivity index (χ0) is 32.8. The summed E-state index contributed by atoms with van der Waals surface area (Å²) in [5.74, 6) is 0. The van der Waals surface area contributed by atoms with Crippen LogP contribution in [-0.2, 0) is 18.2 Å². The number of carbonyl (C=O) groups excluding carboxylic acids is 1. The second kappa shape index (κ2) is 22.8. The number of hydrogen-bond acceptors (Lipinski definition) is 5. The van der Waals surface area contributed by atoms with Crippen LogP contribution in [0.2, 0.25) is 31.2 Å². The molecule has 41 heavy (non-hydrogen) atoms. The highest BCUT2D eigenvalue weighted by atomic mass is 28.4. The normalized spacial score (nSPS) is 11.7. The van der Waals surface area contributed by atoms with Gasteiger partial charge in [0.25, 0.3) is 0 Å². The number of rotatable bonds is 12. The highest BCUT2D eigenvalue weighted by Crippen LogP contribution is 2.26. The molecule has 0 atom stereocenters. The Bertz CT molecular complexity index is 763. The van der Waals surface area contributed by atoms with Crippen molar-refractivity contribution in [2.45, 2.75) is 63.3 Å². The Morgan fingerprint density at radius 1 is 0.854 bits per heavy atom. The number of anilines is 1. The first-order valence-corrected chi connectivity index (χ1v) is 17.3. The van der Waals surface area contributed by atoms with Crippen LogP contribution >= 0.6 is 0 Å². The van der Waals surface area contributed by atoms with E-state index in [-0.39, 0.29) is 0 Å². The van der Waals surface area contributed by atoms with Crippen LogP contribution in [0.3, 0.4) is 0 Å². The summed E-state index contributed by atoms with van der Waals surface area (Å²) in [6.45, 7) is 2.47. The van der Waals surface area contributed by atoms with E-state index in [4.69, 9.17) is 13.3 Å². The van der Waals surface area contributed by atoms with Crippen molar-refractivity contribution < 1.29 is 67.1 Å². The van der Waals surface area contributed by atoms with Gasteiger partial charge in [0.05, 0.1) is 0 Å². The van der Waals surface area contributed by atoms with Crippen LogP contribution in [0, 0.1) is 0 Å². The minimum Gasteiger partial charge on any atom is -0.377 e. The summed E-state index contributed by atoms with van der Waals surface area (Å²) in [4.78, 5) is 14.8. The average Bonchev–Trinajstić information content (AvgIpc) is 2.88. The fourth-order valence-corrected chi connectivity index (χ4v) is 9.29. The van der Waals surface area contributed by atoms with Crippen LogP contribution in [0.1, 0.15) is 19.8 Å². The van der Waals surface area contributed by atoms with Crippen molar-refractivity contribution in [2.75, 3.05) is 46.3 Å². The summed E-state index contributed by atoms with van der Waals surface area (Å²) in [7, 11) is 0.791. The molecular formula is C23H39F10NO5Si2.